The van der Waals surface area contributed by atoms with Crippen molar-refractivity contribution in [3.8, 4) is 0 Å². The molecule has 0 aromatic heterocycles. The van der Waals surface area contributed by atoms with E-state index in [1.165, 1.54) is 11.8 Å². The van der Waals surface area contributed by atoms with E-state index in [9.17, 15) is 9.59 Å². The van der Waals surface area contributed by atoms with Gasteiger partial charge < -0.3 is 9.64 Å². The summed E-state index contributed by atoms with van der Waals surface area (Å²) in [5.41, 5.74) is 3.29. The number of amidine groups is 1. The lowest BCUT2D eigenvalue weighted by Gasteiger charge is -2.17. The highest BCUT2D eigenvalue weighted by atomic mass is 32.2. The highest BCUT2D eigenvalue weighted by Gasteiger charge is 2.39. The van der Waals surface area contributed by atoms with Crippen molar-refractivity contribution in [2.75, 3.05) is 23.9 Å². The van der Waals surface area contributed by atoms with Crippen LogP contribution in [-0.2, 0) is 16.1 Å². The third kappa shape index (κ3) is 4.98. The molecule has 5 rings (SSSR count). The number of nitrogens with one attached hydrogen (secondary N) is 1. The minimum atomic E-state index is -0.522. The molecule has 0 unspecified atom stereocenters. The van der Waals surface area contributed by atoms with Gasteiger partial charge in [0.25, 0.3) is 5.91 Å². The summed E-state index contributed by atoms with van der Waals surface area (Å²) in [5.74, 6) is -0.0782. The molecular weight excluding hydrogens is 492 g/mol. The molecule has 2 heterocycles. The molecule has 0 spiro atoms. The fraction of sp³-hybridized carbons (Fsp3) is 0.148. The van der Waals surface area contributed by atoms with E-state index in [2.05, 4.69) is 22.3 Å². The van der Waals surface area contributed by atoms with Crippen molar-refractivity contribution in [2.45, 2.75) is 18.4 Å². The van der Waals surface area contributed by atoms with Crippen LogP contribution in [0.1, 0.15) is 12.5 Å². The van der Waals surface area contributed by atoms with E-state index >= 15 is 0 Å². The molecule has 1 saturated heterocycles. The molecule has 36 heavy (non-hydrogen) atoms. The van der Waals surface area contributed by atoms with Gasteiger partial charge >= 0.3 is 6.09 Å². The van der Waals surface area contributed by atoms with Crippen molar-refractivity contribution >= 4 is 57.8 Å². The van der Waals surface area contributed by atoms with E-state index in [4.69, 9.17) is 9.73 Å². The first-order valence-corrected chi connectivity index (χ1v) is 13.1. The summed E-state index contributed by atoms with van der Waals surface area (Å²) in [6.45, 7) is 2.45. The van der Waals surface area contributed by atoms with E-state index in [0.717, 1.165) is 21.2 Å². The number of thioether (sulfide) groups is 2. The Hall–Kier alpha value is -3.69. The van der Waals surface area contributed by atoms with Crippen LogP contribution in [0, 0.1) is 0 Å². The van der Waals surface area contributed by atoms with E-state index in [1.807, 2.05) is 55.6 Å². The molecule has 2 aliphatic heterocycles. The normalized spacial score (nSPS) is 18.1. The second-order valence-electron chi connectivity index (χ2n) is 8.03. The van der Waals surface area contributed by atoms with Gasteiger partial charge in [-0.15, -0.1) is 0 Å². The van der Waals surface area contributed by atoms with Gasteiger partial charge in [-0.05, 0) is 54.6 Å². The number of benzene rings is 3. The van der Waals surface area contributed by atoms with Crippen molar-refractivity contribution in [2.24, 2.45) is 4.99 Å². The summed E-state index contributed by atoms with van der Waals surface area (Å²) in [7, 11) is 1.98. The van der Waals surface area contributed by atoms with Gasteiger partial charge in [0.05, 0.1) is 29.6 Å². The van der Waals surface area contributed by atoms with Gasteiger partial charge in [-0.2, -0.15) is 0 Å². The fourth-order valence-electron chi connectivity index (χ4n) is 3.87. The predicted molar refractivity (Wildman–Crippen MR) is 146 cm³/mol. The van der Waals surface area contributed by atoms with Crippen LogP contribution < -0.4 is 10.2 Å². The van der Waals surface area contributed by atoms with Gasteiger partial charge in [0, 0.05) is 17.6 Å². The summed E-state index contributed by atoms with van der Waals surface area (Å²) in [5, 5.41) is 4.18. The number of hydrogen-bond donors (Lipinski definition) is 1. The Morgan fingerprint density at radius 2 is 1.78 bits per heavy atom. The molecule has 0 bridgehead atoms. The van der Waals surface area contributed by atoms with Crippen molar-refractivity contribution in [1.82, 2.24) is 4.90 Å². The lowest BCUT2D eigenvalue weighted by Crippen LogP contribution is -2.29. The minimum absolute atomic E-state index is 0.0782. The summed E-state index contributed by atoms with van der Waals surface area (Å²) in [4.78, 5) is 35.9. The number of nitrogens with zero attached hydrogens (tertiary/aromatic N) is 3. The molecule has 0 atom stereocenters. The Bertz CT molecular complexity index is 1370. The third-order valence-electron chi connectivity index (χ3n) is 5.57. The second kappa shape index (κ2) is 10.5. The highest BCUT2D eigenvalue weighted by Crippen LogP contribution is 2.50. The van der Waals surface area contributed by atoms with Crippen LogP contribution in [0.4, 0.5) is 21.9 Å². The van der Waals surface area contributed by atoms with Crippen LogP contribution in [0.5, 0.6) is 0 Å². The SMILES string of the molecule is CCOC(=O)Nc1cccc(/N=C2\S/C(=C3\Sc4ccccc4N3C)C(=O)N2Cc2ccccc2)c1. The number of carbonyl (C=O) groups is 2. The van der Waals surface area contributed by atoms with Crippen LogP contribution in [0.2, 0.25) is 0 Å². The molecule has 182 valence electrons. The Kier molecular flexibility index (Phi) is 7.02. The van der Waals surface area contributed by atoms with Gasteiger partial charge in [0.2, 0.25) is 0 Å². The van der Waals surface area contributed by atoms with Crippen molar-refractivity contribution in [3.05, 3.63) is 94.4 Å². The maximum absolute atomic E-state index is 13.7. The first-order valence-electron chi connectivity index (χ1n) is 11.4. The average molecular weight is 517 g/mol. The topological polar surface area (TPSA) is 74.2 Å². The second-order valence-corrected chi connectivity index (χ2v) is 10.0. The number of amides is 2. The summed E-state index contributed by atoms with van der Waals surface area (Å²) >= 11 is 2.97. The largest absolute Gasteiger partial charge is 0.450 e. The molecule has 0 radical (unpaired) electrons. The lowest BCUT2D eigenvalue weighted by atomic mass is 10.2. The van der Waals surface area contributed by atoms with Crippen LogP contribution in [0.15, 0.2) is 98.7 Å². The zero-order valence-corrected chi connectivity index (χ0v) is 21.4. The van der Waals surface area contributed by atoms with E-state index in [0.29, 0.717) is 28.0 Å². The Morgan fingerprint density at radius 3 is 2.56 bits per heavy atom. The Labute approximate surface area is 218 Å². The molecule has 2 aliphatic rings. The Morgan fingerprint density at radius 1 is 1.00 bits per heavy atom. The van der Waals surface area contributed by atoms with Gasteiger partial charge in [-0.1, -0.05) is 60.3 Å². The third-order valence-corrected chi connectivity index (χ3v) is 8.00. The van der Waals surface area contributed by atoms with Crippen LogP contribution >= 0.6 is 23.5 Å². The molecular formula is C27H24N4O3S2. The number of ether oxygens (including phenoxy) is 1. The number of rotatable bonds is 5. The fourth-order valence-corrected chi connectivity index (χ4v) is 6.22. The molecule has 0 saturated carbocycles. The molecule has 2 amide bonds. The molecule has 3 aromatic carbocycles. The highest BCUT2D eigenvalue weighted by molar-refractivity contribution is 8.19. The van der Waals surface area contributed by atoms with Gasteiger partial charge in [-0.25, -0.2) is 9.79 Å². The summed E-state index contributed by atoms with van der Waals surface area (Å²) in [6.07, 6.45) is -0.522. The molecule has 1 N–H and O–H groups in total. The van der Waals surface area contributed by atoms with Gasteiger partial charge in [-0.3, -0.25) is 15.0 Å². The number of aliphatic imine (C=N–C) groups is 1. The van der Waals surface area contributed by atoms with E-state index < -0.39 is 6.09 Å². The first-order chi connectivity index (χ1) is 17.5. The maximum Gasteiger partial charge on any atom is 0.411 e. The van der Waals surface area contributed by atoms with Gasteiger partial charge in [0.1, 0.15) is 4.91 Å². The van der Waals surface area contributed by atoms with Crippen molar-refractivity contribution in [1.29, 1.82) is 0 Å². The summed E-state index contributed by atoms with van der Waals surface area (Å²) < 4.78 is 4.97. The van der Waals surface area contributed by atoms with Crippen molar-refractivity contribution < 1.29 is 14.3 Å². The van der Waals surface area contributed by atoms with E-state index in [1.54, 1.807) is 41.8 Å². The smallest absolute Gasteiger partial charge is 0.411 e. The van der Waals surface area contributed by atoms with Crippen LogP contribution in [0.3, 0.4) is 0 Å². The van der Waals surface area contributed by atoms with E-state index in [-0.39, 0.29) is 12.5 Å². The predicted octanol–water partition coefficient (Wildman–Crippen LogP) is 6.43. The Balaban J connectivity index is 1.50. The molecule has 1 fully saturated rings. The monoisotopic (exact) mass is 516 g/mol. The molecule has 3 aromatic rings. The zero-order valence-electron chi connectivity index (χ0n) is 19.8. The number of para-hydroxylation sites is 1. The summed E-state index contributed by atoms with van der Waals surface area (Å²) in [6, 6.07) is 25.2. The standard InChI is InChI=1S/C27H24N4O3S2/c1-3-34-27(33)29-20-13-9-12-19(16-20)28-26-31(17-18-10-5-4-6-11-18)24(32)23(36-26)25-30(2)21-14-7-8-15-22(21)35-25/h4-16H,3,17H2,1-2H3,(H,29,33)/b25-23-,28-26-. The van der Waals surface area contributed by atoms with Crippen LogP contribution in [-0.4, -0.2) is 35.7 Å². The average Bonchev–Trinajstić information content (AvgIpc) is 3.37. The zero-order chi connectivity index (χ0) is 25.1. The molecule has 0 aliphatic carbocycles. The first kappa shape index (κ1) is 24.0. The number of anilines is 2. The number of fused-ring (bicyclic) bond motifs is 1. The van der Waals surface area contributed by atoms with Crippen molar-refractivity contribution in [3.63, 3.8) is 0 Å². The number of carbonyl (C=O) groups excluding carboxylic acids is 2. The van der Waals surface area contributed by atoms with Gasteiger partial charge in [0.15, 0.2) is 5.17 Å². The van der Waals surface area contributed by atoms with Crippen LogP contribution in [0.25, 0.3) is 0 Å². The molecule has 7 nitrogen and oxygen atoms in total. The molecule has 9 heteroatoms. The quantitative estimate of drug-likeness (QED) is 0.394. The minimum Gasteiger partial charge on any atom is -0.450 e. The number of hydrogen-bond acceptors (Lipinski definition) is 7. The maximum atomic E-state index is 13.7. The lowest BCUT2D eigenvalue weighted by molar-refractivity contribution is -0.122.